The maximum Gasteiger partial charge on any atom is 0.317 e. The Morgan fingerprint density at radius 1 is 1.29 bits per heavy atom. The molecule has 0 spiro atoms. The lowest BCUT2D eigenvalue weighted by molar-refractivity contribution is 0.102. The number of benzene rings is 1. The molecule has 1 aromatic heterocycles. The quantitative estimate of drug-likeness (QED) is 0.875. The van der Waals surface area contributed by atoms with Gasteiger partial charge in [-0.15, -0.1) is 10.2 Å². The molecular weight excluding hydrogens is 350 g/mol. The van der Waals surface area contributed by atoms with E-state index in [2.05, 4.69) is 20.8 Å². The molecule has 1 fully saturated rings. The fourth-order valence-corrected chi connectivity index (χ4v) is 3.60. The fraction of sp³-hybridized carbons (Fsp3) is 0.333. The summed E-state index contributed by atoms with van der Waals surface area (Å²) >= 11 is 7.03. The lowest BCUT2D eigenvalue weighted by Gasteiger charge is -2.21. The molecule has 2 aromatic rings. The highest BCUT2D eigenvalue weighted by Gasteiger charge is 2.32. The summed E-state index contributed by atoms with van der Waals surface area (Å²) in [7, 11) is 1.60. The van der Waals surface area contributed by atoms with Gasteiger partial charge in [0.1, 0.15) is 5.01 Å². The zero-order valence-electron chi connectivity index (χ0n) is 13.0. The minimum atomic E-state index is -0.328. The monoisotopic (exact) mass is 365 g/mol. The minimum absolute atomic E-state index is 0.125. The van der Waals surface area contributed by atoms with Crippen molar-refractivity contribution in [1.82, 2.24) is 20.4 Å². The number of hydrogen-bond acceptors (Lipinski definition) is 5. The highest BCUT2D eigenvalue weighted by molar-refractivity contribution is 7.13. The van der Waals surface area contributed by atoms with Crippen molar-refractivity contribution >= 4 is 40.6 Å². The van der Waals surface area contributed by atoms with Gasteiger partial charge in [0, 0.05) is 24.3 Å². The number of carbonyl (C=O) groups excluding carboxylic acids is 2. The molecule has 9 heteroatoms. The number of nitrogens with one attached hydrogen (secondary N) is 2. The van der Waals surface area contributed by atoms with Gasteiger partial charge in [-0.3, -0.25) is 4.79 Å². The van der Waals surface area contributed by atoms with Crippen LogP contribution >= 0.6 is 22.9 Å². The van der Waals surface area contributed by atoms with Crippen molar-refractivity contribution in [2.24, 2.45) is 0 Å². The second-order valence-electron chi connectivity index (χ2n) is 5.31. The van der Waals surface area contributed by atoms with E-state index in [9.17, 15) is 9.59 Å². The molecule has 2 N–H and O–H groups in total. The third kappa shape index (κ3) is 3.49. The molecule has 3 rings (SSSR count). The standard InChI is InChI=1S/C15H16ClN5O2S/c1-17-15(23)21-8-2-3-11(21)13-19-20-14(24-13)12(22)18-10-6-4-9(16)5-7-10/h4-7,11H,2-3,8H2,1H3,(H,17,23)(H,18,22)/t11-/m1/s1. The molecule has 3 amide bonds. The molecule has 1 aromatic carbocycles. The summed E-state index contributed by atoms with van der Waals surface area (Å²) in [5.41, 5.74) is 0.633. The number of amides is 3. The maximum absolute atomic E-state index is 12.3. The summed E-state index contributed by atoms with van der Waals surface area (Å²) < 4.78 is 0. The van der Waals surface area contributed by atoms with Crippen LogP contribution in [0, 0.1) is 0 Å². The van der Waals surface area contributed by atoms with Gasteiger partial charge in [-0.25, -0.2) is 4.79 Å². The van der Waals surface area contributed by atoms with E-state index in [0.29, 0.717) is 22.3 Å². The van der Waals surface area contributed by atoms with Crippen LogP contribution in [-0.2, 0) is 0 Å². The van der Waals surface area contributed by atoms with E-state index < -0.39 is 0 Å². The van der Waals surface area contributed by atoms with Crippen LogP contribution < -0.4 is 10.6 Å². The van der Waals surface area contributed by atoms with E-state index in [0.717, 1.165) is 12.8 Å². The third-order valence-corrected chi connectivity index (χ3v) is 5.02. The molecule has 2 heterocycles. The fourth-order valence-electron chi connectivity index (χ4n) is 2.59. The molecule has 0 bridgehead atoms. The van der Waals surface area contributed by atoms with Crippen LogP contribution in [0.25, 0.3) is 0 Å². The molecule has 0 unspecified atom stereocenters. The van der Waals surface area contributed by atoms with Crippen molar-refractivity contribution in [2.45, 2.75) is 18.9 Å². The van der Waals surface area contributed by atoms with Crippen molar-refractivity contribution in [1.29, 1.82) is 0 Å². The molecule has 1 atom stereocenters. The van der Waals surface area contributed by atoms with E-state index in [1.807, 2.05) is 0 Å². The molecule has 0 aliphatic carbocycles. The highest BCUT2D eigenvalue weighted by Crippen LogP contribution is 2.33. The number of likely N-dealkylation sites (tertiary alicyclic amines) is 1. The Morgan fingerprint density at radius 2 is 2.04 bits per heavy atom. The number of carbonyl (C=O) groups is 2. The Morgan fingerprint density at radius 3 is 2.75 bits per heavy atom. The van der Waals surface area contributed by atoms with E-state index in [-0.39, 0.29) is 23.0 Å². The van der Waals surface area contributed by atoms with Crippen molar-refractivity contribution in [3.8, 4) is 0 Å². The Labute approximate surface area is 148 Å². The number of rotatable bonds is 3. The lowest BCUT2D eigenvalue weighted by Crippen LogP contribution is -2.37. The van der Waals surface area contributed by atoms with Gasteiger partial charge < -0.3 is 15.5 Å². The van der Waals surface area contributed by atoms with Gasteiger partial charge in [0.05, 0.1) is 6.04 Å². The number of anilines is 1. The molecular formula is C15H16ClN5O2S. The van der Waals surface area contributed by atoms with Crippen LogP contribution in [0.3, 0.4) is 0 Å². The summed E-state index contributed by atoms with van der Waals surface area (Å²) in [6.45, 7) is 0.677. The minimum Gasteiger partial charge on any atom is -0.341 e. The first kappa shape index (κ1) is 16.7. The first-order valence-corrected chi connectivity index (χ1v) is 8.66. The number of nitrogens with zero attached hydrogens (tertiary/aromatic N) is 3. The number of aromatic nitrogens is 2. The van der Waals surface area contributed by atoms with Crippen molar-refractivity contribution in [2.75, 3.05) is 18.9 Å². The Balaban J connectivity index is 1.71. The van der Waals surface area contributed by atoms with Gasteiger partial charge in [-0.05, 0) is 37.1 Å². The Bertz CT molecular complexity index is 749. The molecule has 0 radical (unpaired) electrons. The van der Waals surface area contributed by atoms with E-state index in [4.69, 9.17) is 11.6 Å². The SMILES string of the molecule is CNC(=O)N1CCC[C@@H]1c1nnc(C(=O)Nc2ccc(Cl)cc2)s1. The van der Waals surface area contributed by atoms with Gasteiger partial charge in [0.25, 0.3) is 5.91 Å². The summed E-state index contributed by atoms with van der Waals surface area (Å²) in [4.78, 5) is 25.9. The number of urea groups is 1. The molecule has 1 aliphatic rings. The van der Waals surface area contributed by atoms with Crippen molar-refractivity contribution < 1.29 is 9.59 Å². The summed E-state index contributed by atoms with van der Waals surface area (Å²) in [5, 5.41) is 15.0. The van der Waals surface area contributed by atoms with Gasteiger partial charge in [0.2, 0.25) is 5.01 Å². The lowest BCUT2D eigenvalue weighted by atomic mass is 10.2. The van der Waals surface area contributed by atoms with Crippen LogP contribution in [0.1, 0.15) is 33.7 Å². The van der Waals surface area contributed by atoms with E-state index in [1.54, 1.807) is 36.2 Å². The van der Waals surface area contributed by atoms with Crippen LogP contribution in [-0.4, -0.2) is 40.6 Å². The summed E-state index contributed by atoms with van der Waals surface area (Å²) in [6, 6.07) is 6.56. The molecule has 1 aliphatic heterocycles. The smallest absolute Gasteiger partial charge is 0.317 e. The van der Waals surface area contributed by atoms with Crippen molar-refractivity contribution in [3.63, 3.8) is 0 Å². The predicted molar refractivity (Wildman–Crippen MR) is 92.5 cm³/mol. The van der Waals surface area contributed by atoms with Gasteiger partial charge >= 0.3 is 6.03 Å². The highest BCUT2D eigenvalue weighted by atomic mass is 35.5. The van der Waals surface area contributed by atoms with Gasteiger partial charge in [-0.1, -0.05) is 22.9 Å². The third-order valence-electron chi connectivity index (χ3n) is 3.75. The van der Waals surface area contributed by atoms with Crippen LogP contribution in [0.4, 0.5) is 10.5 Å². The largest absolute Gasteiger partial charge is 0.341 e. The van der Waals surface area contributed by atoms with Crippen LogP contribution in [0.15, 0.2) is 24.3 Å². The van der Waals surface area contributed by atoms with Crippen molar-refractivity contribution in [3.05, 3.63) is 39.3 Å². The molecule has 24 heavy (non-hydrogen) atoms. The van der Waals surface area contributed by atoms with E-state index in [1.165, 1.54) is 11.3 Å². The average molecular weight is 366 g/mol. The zero-order chi connectivity index (χ0) is 17.1. The Hall–Kier alpha value is -2.19. The zero-order valence-corrected chi connectivity index (χ0v) is 14.5. The Kier molecular flexibility index (Phi) is 4.96. The average Bonchev–Trinajstić information content (AvgIpc) is 3.24. The van der Waals surface area contributed by atoms with Crippen LogP contribution in [0.2, 0.25) is 5.02 Å². The number of halogens is 1. The van der Waals surface area contributed by atoms with E-state index >= 15 is 0 Å². The first-order valence-electron chi connectivity index (χ1n) is 7.47. The molecule has 0 saturated carbocycles. The first-order chi connectivity index (χ1) is 11.6. The van der Waals surface area contributed by atoms with Crippen LogP contribution in [0.5, 0.6) is 0 Å². The summed E-state index contributed by atoms with van der Waals surface area (Å²) in [5.74, 6) is -0.328. The number of hydrogen-bond donors (Lipinski definition) is 2. The molecule has 1 saturated heterocycles. The topological polar surface area (TPSA) is 87.2 Å². The maximum atomic E-state index is 12.3. The normalized spacial score (nSPS) is 16.9. The molecule has 7 nitrogen and oxygen atoms in total. The van der Waals surface area contributed by atoms with Gasteiger partial charge in [0.15, 0.2) is 0 Å². The second kappa shape index (κ2) is 7.14. The van der Waals surface area contributed by atoms with Gasteiger partial charge in [-0.2, -0.15) is 0 Å². The second-order valence-corrected chi connectivity index (χ2v) is 6.76. The predicted octanol–water partition coefficient (Wildman–Crippen LogP) is 2.92. The summed E-state index contributed by atoms with van der Waals surface area (Å²) in [6.07, 6.45) is 1.73. The molecule has 126 valence electrons.